The molecule has 6 nitrogen and oxygen atoms in total. The molecule has 0 spiro atoms. The Bertz CT molecular complexity index is 1300. The topological polar surface area (TPSA) is 80.6 Å². The molecule has 0 aliphatic carbocycles. The fourth-order valence-electron chi connectivity index (χ4n) is 4.81. The first-order valence-corrected chi connectivity index (χ1v) is 12.4. The fourth-order valence-corrected chi connectivity index (χ4v) is 4.81. The molecule has 0 amide bonds. The van der Waals surface area contributed by atoms with E-state index in [1.807, 2.05) is 65.8 Å². The van der Waals surface area contributed by atoms with Crippen LogP contribution in [0.2, 0.25) is 0 Å². The number of ether oxygens (including phenoxy) is 1. The summed E-state index contributed by atoms with van der Waals surface area (Å²) in [6.07, 6.45) is 1.90. The van der Waals surface area contributed by atoms with E-state index in [0.29, 0.717) is 27.8 Å². The van der Waals surface area contributed by atoms with E-state index >= 15 is 0 Å². The van der Waals surface area contributed by atoms with Crippen LogP contribution in [0, 0.1) is 13.8 Å². The Morgan fingerprint density at radius 2 is 1.83 bits per heavy atom. The third kappa shape index (κ3) is 5.43. The van der Waals surface area contributed by atoms with Crippen molar-refractivity contribution in [3.63, 3.8) is 0 Å². The van der Waals surface area contributed by atoms with Crippen LogP contribution in [0.25, 0.3) is 11.0 Å². The van der Waals surface area contributed by atoms with Gasteiger partial charge in [0.2, 0.25) is 0 Å². The normalized spacial score (nSPS) is 15.7. The lowest BCUT2D eigenvalue weighted by molar-refractivity contribution is 0.00706. The largest absolute Gasteiger partial charge is 0.460 e. The Morgan fingerprint density at radius 1 is 1.14 bits per heavy atom. The number of carbonyl (C=O) groups is 1. The van der Waals surface area contributed by atoms with E-state index < -0.39 is 5.60 Å². The zero-order chi connectivity index (χ0) is 25.3. The van der Waals surface area contributed by atoms with Crippen molar-refractivity contribution in [3.05, 3.63) is 74.6 Å². The summed E-state index contributed by atoms with van der Waals surface area (Å²) in [4.78, 5) is 26.2. The van der Waals surface area contributed by atoms with E-state index in [1.54, 1.807) is 6.07 Å². The third-order valence-electron chi connectivity index (χ3n) is 6.52. The second kappa shape index (κ2) is 9.86. The highest BCUT2D eigenvalue weighted by Gasteiger charge is 2.25. The number of hydrogen-bond acceptors (Lipinski definition) is 6. The minimum atomic E-state index is -0.588. The molecule has 4 rings (SSSR count). The van der Waals surface area contributed by atoms with Gasteiger partial charge in [0, 0.05) is 22.7 Å². The van der Waals surface area contributed by atoms with Crippen LogP contribution in [0.3, 0.4) is 0 Å². The highest BCUT2D eigenvalue weighted by molar-refractivity contribution is 5.96. The van der Waals surface area contributed by atoms with Crippen LogP contribution in [0.1, 0.15) is 85.3 Å². The lowest BCUT2D eigenvalue weighted by Gasteiger charge is -2.25. The summed E-state index contributed by atoms with van der Waals surface area (Å²) in [7, 11) is 0. The van der Waals surface area contributed by atoms with E-state index in [2.05, 4.69) is 16.7 Å². The Balaban J connectivity index is 1.76. The van der Waals surface area contributed by atoms with Gasteiger partial charge in [-0.2, -0.15) is 0 Å². The first-order chi connectivity index (χ1) is 16.5. The lowest BCUT2D eigenvalue weighted by atomic mass is 9.91. The molecule has 1 aliphatic heterocycles. The summed E-state index contributed by atoms with van der Waals surface area (Å²) in [5.41, 5.74) is 3.80. The monoisotopic (exact) mass is 476 g/mol. The zero-order valence-corrected chi connectivity index (χ0v) is 21.6. The Hall–Kier alpha value is -3.12. The van der Waals surface area contributed by atoms with Gasteiger partial charge in [-0.1, -0.05) is 18.2 Å². The van der Waals surface area contributed by atoms with Gasteiger partial charge in [-0.05, 0) is 91.2 Å². The predicted octanol–water partition coefficient (Wildman–Crippen LogP) is 6.01. The molecule has 2 aromatic carbocycles. The van der Waals surface area contributed by atoms with Crippen LogP contribution in [0.15, 0.2) is 45.6 Å². The average Bonchev–Trinajstić information content (AvgIpc) is 2.81. The summed E-state index contributed by atoms with van der Waals surface area (Å²) < 4.78 is 12.2. The summed E-state index contributed by atoms with van der Waals surface area (Å²) >= 11 is 0. The van der Waals surface area contributed by atoms with Gasteiger partial charge >= 0.3 is 5.97 Å². The Kier molecular flexibility index (Phi) is 7.04. The number of benzene rings is 2. The van der Waals surface area contributed by atoms with E-state index in [-0.39, 0.29) is 23.4 Å². The quantitative estimate of drug-likeness (QED) is 0.439. The van der Waals surface area contributed by atoms with Gasteiger partial charge < -0.3 is 19.8 Å². The highest BCUT2D eigenvalue weighted by atomic mass is 16.6. The summed E-state index contributed by atoms with van der Waals surface area (Å²) in [6, 6.07) is 11.1. The van der Waals surface area contributed by atoms with Crippen LogP contribution >= 0.6 is 0 Å². The molecule has 0 saturated carbocycles. The smallest absolute Gasteiger partial charge is 0.340 e. The summed E-state index contributed by atoms with van der Waals surface area (Å²) in [6.45, 7) is 13.3. The summed E-state index contributed by atoms with van der Waals surface area (Å²) in [5.74, 6) is 0.659. The van der Waals surface area contributed by atoms with Crippen molar-refractivity contribution < 1.29 is 13.9 Å². The van der Waals surface area contributed by atoms with E-state index in [1.165, 1.54) is 0 Å². The number of anilines is 1. The number of aryl methyl sites for hydroxylation is 1. The van der Waals surface area contributed by atoms with E-state index in [0.717, 1.165) is 42.8 Å². The van der Waals surface area contributed by atoms with Gasteiger partial charge in [-0.15, -0.1) is 0 Å². The maximum absolute atomic E-state index is 13.4. The van der Waals surface area contributed by atoms with Crippen molar-refractivity contribution in [2.75, 3.05) is 18.4 Å². The molecule has 1 saturated heterocycles. The molecule has 1 fully saturated rings. The van der Waals surface area contributed by atoms with Crippen molar-refractivity contribution in [3.8, 4) is 0 Å². The fraction of sp³-hybridized carbons (Fsp3) is 0.448. The first-order valence-electron chi connectivity index (χ1n) is 12.4. The van der Waals surface area contributed by atoms with Crippen molar-refractivity contribution in [2.45, 2.75) is 71.9 Å². The molecule has 1 aromatic heterocycles. The van der Waals surface area contributed by atoms with Crippen LogP contribution in [-0.4, -0.2) is 24.7 Å². The average molecular weight is 477 g/mol. The Morgan fingerprint density at radius 3 is 2.51 bits per heavy atom. The van der Waals surface area contributed by atoms with Crippen molar-refractivity contribution in [1.82, 2.24) is 5.32 Å². The molecule has 2 heterocycles. The number of hydrogen-bond donors (Lipinski definition) is 2. The standard InChI is InChI=1S/C29H36N2O4/c1-17-15-22(19(3)31-24-10-8-7-9-21(24)28(33)35-29(4,5)6)27-23(16-17)25(32)18(2)26(34-27)20-11-13-30-14-12-20/h7-10,15-16,19-20,30-31H,11-14H2,1-6H3. The number of fused-ring (bicyclic) bond motifs is 1. The van der Waals surface area contributed by atoms with Crippen molar-refractivity contribution in [2.24, 2.45) is 0 Å². The third-order valence-corrected chi connectivity index (χ3v) is 6.52. The lowest BCUT2D eigenvalue weighted by Crippen LogP contribution is -2.28. The van der Waals surface area contributed by atoms with E-state index in [4.69, 9.17) is 9.15 Å². The maximum Gasteiger partial charge on any atom is 0.340 e. The minimum absolute atomic E-state index is 0.0334. The number of piperidine rings is 1. The Labute approximate surface area is 207 Å². The van der Waals surface area contributed by atoms with Gasteiger partial charge in [0.15, 0.2) is 5.43 Å². The first kappa shape index (κ1) is 25.0. The molecule has 1 unspecified atom stereocenters. The van der Waals surface area contributed by atoms with E-state index in [9.17, 15) is 9.59 Å². The van der Waals surface area contributed by atoms with Gasteiger partial charge in [-0.3, -0.25) is 4.79 Å². The molecule has 0 bridgehead atoms. The molecule has 1 atom stereocenters. The van der Waals surface area contributed by atoms with Crippen LogP contribution < -0.4 is 16.1 Å². The van der Waals surface area contributed by atoms with Crippen molar-refractivity contribution in [1.29, 1.82) is 0 Å². The zero-order valence-electron chi connectivity index (χ0n) is 21.6. The SMILES string of the molecule is Cc1cc(C(C)Nc2ccccc2C(=O)OC(C)(C)C)c2oc(C3CCNCC3)c(C)c(=O)c2c1. The highest BCUT2D eigenvalue weighted by Crippen LogP contribution is 2.34. The minimum Gasteiger partial charge on any atom is -0.460 e. The van der Waals surface area contributed by atoms with Gasteiger partial charge in [0.1, 0.15) is 16.9 Å². The molecule has 186 valence electrons. The molecule has 3 aromatic rings. The molecule has 6 heteroatoms. The molecule has 0 radical (unpaired) electrons. The second-order valence-electron chi connectivity index (χ2n) is 10.6. The maximum atomic E-state index is 13.4. The summed E-state index contributed by atoms with van der Waals surface area (Å²) in [5, 5.41) is 7.46. The number of rotatable bonds is 5. The number of nitrogens with one attached hydrogen (secondary N) is 2. The van der Waals surface area contributed by atoms with Gasteiger partial charge in [-0.25, -0.2) is 4.79 Å². The van der Waals surface area contributed by atoms with Gasteiger partial charge in [0.25, 0.3) is 0 Å². The number of para-hydroxylation sites is 1. The number of esters is 1. The molecule has 1 aliphatic rings. The molecular weight excluding hydrogens is 440 g/mol. The van der Waals surface area contributed by atoms with Crippen LogP contribution in [-0.2, 0) is 4.74 Å². The molecule has 35 heavy (non-hydrogen) atoms. The molecule has 2 N–H and O–H groups in total. The molecular formula is C29H36N2O4. The second-order valence-corrected chi connectivity index (χ2v) is 10.6. The number of carbonyl (C=O) groups excluding carboxylic acids is 1. The van der Waals surface area contributed by atoms with Crippen molar-refractivity contribution >= 4 is 22.6 Å². The van der Waals surface area contributed by atoms with Gasteiger partial charge in [0.05, 0.1) is 17.0 Å². The van der Waals surface area contributed by atoms with Crippen LogP contribution in [0.4, 0.5) is 5.69 Å². The predicted molar refractivity (Wildman–Crippen MR) is 140 cm³/mol. The van der Waals surface area contributed by atoms with Crippen LogP contribution in [0.5, 0.6) is 0 Å².